The van der Waals surface area contributed by atoms with Crippen LogP contribution in [0.25, 0.3) is 0 Å². The maximum Gasteiger partial charge on any atom is 0.291 e. The first-order valence-corrected chi connectivity index (χ1v) is 4.64. The molecule has 0 atom stereocenters. The van der Waals surface area contributed by atoms with Crippen molar-refractivity contribution in [2.24, 2.45) is 16.0 Å². The maximum atomic E-state index is 10.7. The molecule has 0 saturated carbocycles. The first kappa shape index (κ1) is 7.68. The number of rotatable bonds is 2. The molecule has 0 fully saturated rings. The third kappa shape index (κ3) is 2.45. The number of hydrogen-bond donors (Lipinski definition) is 3. The van der Waals surface area contributed by atoms with Crippen molar-refractivity contribution in [1.29, 1.82) is 0 Å². The lowest BCUT2D eigenvalue weighted by Crippen LogP contribution is -2.37. The van der Waals surface area contributed by atoms with Crippen molar-refractivity contribution < 1.29 is 4.57 Å². The lowest BCUT2D eigenvalue weighted by atomic mass is 10.7. The van der Waals surface area contributed by atoms with Crippen LogP contribution in [0.2, 0.25) is 0 Å². The average molecular weight is 163 g/mol. The van der Waals surface area contributed by atoms with Crippen LogP contribution in [0.4, 0.5) is 0 Å². The van der Waals surface area contributed by atoms with Crippen molar-refractivity contribution >= 4 is 13.9 Å². The van der Waals surface area contributed by atoms with Crippen molar-refractivity contribution in [3.8, 4) is 0 Å². The van der Waals surface area contributed by atoms with Crippen LogP contribution in [0, 0.1) is 0 Å². The second-order valence-electron chi connectivity index (χ2n) is 2.02. The van der Waals surface area contributed by atoms with Crippen LogP contribution in [0.3, 0.4) is 0 Å². The lowest BCUT2D eigenvalue weighted by molar-refractivity contribution is 0.417. The molecule has 1 aliphatic rings. The molecule has 0 aromatic rings. The van der Waals surface area contributed by atoms with Gasteiger partial charge >= 0.3 is 0 Å². The summed E-state index contributed by atoms with van der Waals surface area (Å²) in [5.41, 5.74) is 10.1. The molecule has 0 aromatic heterocycles. The van der Waals surface area contributed by atoms with Crippen LogP contribution in [0.15, 0.2) is 4.99 Å². The summed E-state index contributed by atoms with van der Waals surface area (Å²) in [6, 6.07) is 0. The van der Waals surface area contributed by atoms with Gasteiger partial charge in [-0.1, -0.05) is 0 Å². The molecule has 1 rings (SSSR count). The summed E-state index contributed by atoms with van der Waals surface area (Å²) < 4.78 is 10.7. The molecule has 7 heteroatoms. The quantitative estimate of drug-likeness (QED) is 0.447. The van der Waals surface area contributed by atoms with Gasteiger partial charge in [-0.2, -0.15) is 5.20 Å². The van der Waals surface area contributed by atoms with E-state index in [1.165, 1.54) is 11.3 Å². The van der Waals surface area contributed by atoms with Crippen molar-refractivity contribution in [2.45, 2.75) is 0 Å². The summed E-state index contributed by atoms with van der Waals surface area (Å²) >= 11 is 0. The molecular weight excluding hydrogens is 153 g/mol. The smallest absolute Gasteiger partial charge is 0.289 e. The van der Waals surface area contributed by atoms with E-state index in [1.54, 1.807) is 0 Å². The number of hydrazine groups is 1. The number of nitrogens with two attached hydrogens (primary N) is 2. The molecule has 0 amide bonds. The Bertz CT molecular complexity index is 185. The molecular formula is C3H10N5OP. The molecule has 0 unspecified atom stereocenters. The Hall–Kier alpha value is -0.420. The largest absolute Gasteiger partial charge is 0.291 e. The van der Waals surface area contributed by atoms with Crippen LogP contribution in [0.5, 0.6) is 0 Å². The highest BCUT2D eigenvalue weighted by Gasteiger charge is 2.13. The molecule has 1 aliphatic heterocycles. The van der Waals surface area contributed by atoms with Crippen molar-refractivity contribution in [2.75, 3.05) is 13.1 Å². The van der Waals surface area contributed by atoms with Gasteiger partial charge in [0.15, 0.2) is 0 Å². The predicted octanol–water partition coefficient (Wildman–Crippen LogP) is -1.14. The number of nitrogens with one attached hydrogen (secondary N) is 1. The van der Waals surface area contributed by atoms with Gasteiger partial charge in [-0.15, -0.1) is 0 Å². The molecule has 6 nitrogen and oxygen atoms in total. The molecule has 0 aromatic carbocycles. The minimum atomic E-state index is -3.13. The Balaban J connectivity index is 2.39. The third-order valence-electron chi connectivity index (χ3n) is 0.976. The van der Waals surface area contributed by atoms with E-state index in [4.69, 9.17) is 11.0 Å². The Morgan fingerprint density at radius 2 is 2.40 bits per heavy atom. The molecule has 0 saturated heterocycles. The molecule has 0 aliphatic carbocycles. The monoisotopic (exact) mass is 163 g/mol. The summed E-state index contributed by atoms with van der Waals surface area (Å²) in [5.74, 6) is 0. The highest BCUT2D eigenvalue weighted by Crippen LogP contribution is 2.17. The highest BCUT2D eigenvalue weighted by atomic mass is 31.2. The molecule has 0 bridgehead atoms. The zero-order chi connectivity index (χ0) is 7.61. The van der Waals surface area contributed by atoms with Crippen LogP contribution >= 0.6 is 7.59 Å². The van der Waals surface area contributed by atoms with Gasteiger partial charge in [-0.05, 0) is 0 Å². The van der Waals surface area contributed by atoms with Crippen LogP contribution < -0.4 is 16.2 Å². The first-order valence-electron chi connectivity index (χ1n) is 2.80. The van der Waals surface area contributed by atoms with E-state index in [1.807, 2.05) is 0 Å². The first-order chi connectivity index (χ1) is 4.58. The molecule has 58 valence electrons. The third-order valence-corrected chi connectivity index (χ3v) is 1.55. The molecule has 5 N–H and O–H groups in total. The topological polar surface area (TPSA) is 96.7 Å². The fourth-order valence-corrected chi connectivity index (χ4v) is 1.21. The zero-order valence-corrected chi connectivity index (χ0v) is 6.29. The second kappa shape index (κ2) is 2.67. The van der Waals surface area contributed by atoms with E-state index in [0.717, 1.165) is 0 Å². The Morgan fingerprint density at radius 1 is 1.70 bits per heavy atom. The zero-order valence-electron chi connectivity index (χ0n) is 5.40. The average Bonchev–Trinajstić information content (AvgIpc) is 2.12. The molecule has 0 spiro atoms. The fraction of sp³-hybridized carbons (Fsp3) is 0.667. The van der Waals surface area contributed by atoms with Crippen LogP contribution in [-0.2, 0) is 4.57 Å². The maximum absolute atomic E-state index is 10.7. The van der Waals surface area contributed by atoms with Crippen molar-refractivity contribution in [3.63, 3.8) is 0 Å². The number of hydrogen-bond acceptors (Lipinski definition) is 3. The normalized spacial score (nSPS) is 18.4. The minimum absolute atomic E-state index is 0.665. The molecule has 0 radical (unpaired) electrons. The van der Waals surface area contributed by atoms with Gasteiger partial charge in [0.05, 0.1) is 19.4 Å². The summed E-state index contributed by atoms with van der Waals surface area (Å²) in [6.07, 6.45) is 1.52. The standard InChI is InChI=1S/C3H10N5OP/c4-10(5,9)7-8-2-1-6-3-8/h3H,1-2H2,(H5,4,5,7,9). The van der Waals surface area contributed by atoms with E-state index in [2.05, 4.69) is 10.2 Å². The number of nitrogens with zero attached hydrogens (tertiary/aromatic N) is 2. The Labute approximate surface area is 58.8 Å². The van der Waals surface area contributed by atoms with Gasteiger partial charge in [0.25, 0.3) is 7.59 Å². The van der Waals surface area contributed by atoms with Gasteiger partial charge in [-0.3, -0.25) is 25.6 Å². The summed E-state index contributed by atoms with van der Waals surface area (Å²) in [5, 5.41) is 3.93. The van der Waals surface area contributed by atoms with E-state index in [9.17, 15) is 4.57 Å². The summed E-state index contributed by atoms with van der Waals surface area (Å²) in [6.45, 7) is 1.35. The Morgan fingerprint density at radius 3 is 2.80 bits per heavy atom. The van der Waals surface area contributed by atoms with Gasteiger partial charge in [0, 0.05) is 0 Å². The molecule has 1 heterocycles. The van der Waals surface area contributed by atoms with Crippen LogP contribution in [0.1, 0.15) is 0 Å². The van der Waals surface area contributed by atoms with Crippen molar-refractivity contribution in [3.05, 3.63) is 0 Å². The fourth-order valence-electron chi connectivity index (χ4n) is 0.656. The highest BCUT2D eigenvalue weighted by molar-refractivity contribution is 7.56. The van der Waals surface area contributed by atoms with Gasteiger partial charge in [0.1, 0.15) is 0 Å². The summed E-state index contributed by atoms with van der Waals surface area (Å²) in [4.78, 5) is 3.86. The second-order valence-corrected chi connectivity index (χ2v) is 3.64. The van der Waals surface area contributed by atoms with Gasteiger partial charge in [0.2, 0.25) is 0 Å². The van der Waals surface area contributed by atoms with E-state index in [0.29, 0.717) is 13.1 Å². The van der Waals surface area contributed by atoms with Crippen LogP contribution in [-0.4, -0.2) is 24.4 Å². The molecule has 10 heavy (non-hydrogen) atoms. The lowest BCUT2D eigenvalue weighted by Gasteiger charge is -2.17. The van der Waals surface area contributed by atoms with E-state index < -0.39 is 7.59 Å². The number of aliphatic imine (C=N–C) groups is 1. The summed E-state index contributed by atoms with van der Waals surface area (Å²) in [7, 11) is -3.13. The SMILES string of the molecule is NP(N)(=O)NN1C=NCC1. The van der Waals surface area contributed by atoms with Gasteiger partial charge < -0.3 is 0 Å². The predicted molar refractivity (Wildman–Crippen MR) is 39.2 cm³/mol. The van der Waals surface area contributed by atoms with Gasteiger partial charge in [-0.25, -0.2) is 0 Å². The minimum Gasteiger partial charge on any atom is -0.289 e. The van der Waals surface area contributed by atoms with Crippen molar-refractivity contribution in [1.82, 2.24) is 10.2 Å². The van der Waals surface area contributed by atoms with E-state index >= 15 is 0 Å². The Kier molecular flexibility index (Phi) is 2.05. The van der Waals surface area contributed by atoms with E-state index in [-0.39, 0.29) is 0 Å².